The number of allylic oxidation sites excluding steroid dienone is 1. The number of hydrogen-bond acceptors (Lipinski definition) is 6. The average Bonchev–Trinajstić information content (AvgIpc) is 2.79. The molecule has 0 saturated carbocycles. The molecule has 0 atom stereocenters. The van der Waals surface area contributed by atoms with Crippen LogP contribution in [0.4, 0.5) is 11.6 Å². The molecule has 8 heteroatoms. The quantitative estimate of drug-likeness (QED) is 0.336. The van der Waals surface area contributed by atoms with Gasteiger partial charge in [-0.2, -0.15) is 0 Å². The molecular formula is C23H18N4O3S. The molecule has 1 aromatic heterocycles. The van der Waals surface area contributed by atoms with E-state index in [1.54, 1.807) is 24.3 Å². The van der Waals surface area contributed by atoms with Gasteiger partial charge in [-0.1, -0.05) is 36.4 Å². The van der Waals surface area contributed by atoms with Crippen molar-refractivity contribution in [3.05, 3.63) is 103 Å². The summed E-state index contributed by atoms with van der Waals surface area (Å²) in [5, 5.41) is 5.04. The van der Waals surface area contributed by atoms with Gasteiger partial charge < -0.3 is 5.32 Å². The summed E-state index contributed by atoms with van der Waals surface area (Å²) in [6.07, 6.45) is 5.85. The maximum Gasteiger partial charge on any atom is 0.264 e. The number of carbonyl (C=O) groups excluding carboxylic acids is 1. The Kier molecular flexibility index (Phi) is 5.72. The molecule has 0 unspecified atom stereocenters. The van der Waals surface area contributed by atoms with Crippen LogP contribution in [-0.4, -0.2) is 24.2 Å². The Balaban J connectivity index is 1.40. The van der Waals surface area contributed by atoms with Crippen molar-refractivity contribution in [1.29, 1.82) is 0 Å². The molecule has 0 spiro atoms. The third-order valence-corrected chi connectivity index (χ3v) is 5.82. The van der Waals surface area contributed by atoms with Gasteiger partial charge >= 0.3 is 0 Å². The normalized spacial score (nSPS) is 11.5. The summed E-state index contributed by atoms with van der Waals surface area (Å²) >= 11 is 0. The van der Waals surface area contributed by atoms with Gasteiger partial charge in [0.05, 0.1) is 4.90 Å². The zero-order valence-corrected chi connectivity index (χ0v) is 17.1. The molecule has 0 aliphatic heterocycles. The fraction of sp³-hybridized carbons (Fsp3) is 0. The molecule has 4 rings (SSSR count). The minimum absolute atomic E-state index is 0.000150. The van der Waals surface area contributed by atoms with E-state index in [0.29, 0.717) is 11.3 Å². The van der Waals surface area contributed by atoms with Crippen molar-refractivity contribution in [1.82, 2.24) is 9.97 Å². The number of rotatable bonds is 7. The highest BCUT2D eigenvalue weighted by Crippen LogP contribution is 2.18. The van der Waals surface area contributed by atoms with Crippen molar-refractivity contribution in [2.24, 2.45) is 0 Å². The fourth-order valence-electron chi connectivity index (χ4n) is 2.91. The summed E-state index contributed by atoms with van der Waals surface area (Å²) in [6.45, 7) is 0. The van der Waals surface area contributed by atoms with Crippen molar-refractivity contribution < 1.29 is 13.2 Å². The van der Waals surface area contributed by atoms with Crippen LogP contribution in [0.1, 0.15) is 10.4 Å². The van der Waals surface area contributed by atoms with E-state index in [1.165, 1.54) is 36.8 Å². The molecule has 0 aliphatic rings. The molecule has 154 valence electrons. The van der Waals surface area contributed by atoms with Gasteiger partial charge in [0.25, 0.3) is 10.0 Å². The first-order chi connectivity index (χ1) is 15.0. The van der Waals surface area contributed by atoms with Crippen LogP contribution < -0.4 is 10.0 Å². The van der Waals surface area contributed by atoms with E-state index in [4.69, 9.17) is 0 Å². The van der Waals surface area contributed by atoms with Crippen LogP contribution in [0.25, 0.3) is 10.8 Å². The highest BCUT2D eigenvalue weighted by atomic mass is 32.2. The first kappa shape index (κ1) is 20.2. The smallest absolute Gasteiger partial charge is 0.264 e. The van der Waals surface area contributed by atoms with Crippen LogP contribution in [0.2, 0.25) is 0 Å². The lowest BCUT2D eigenvalue weighted by Crippen LogP contribution is -2.14. The summed E-state index contributed by atoms with van der Waals surface area (Å²) in [7, 11) is -3.79. The van der Waals surface area contributed by atoms with Crippen molar-refractivity contribution in [3.63, 3.8) is 0 Å². The SMILES string of the molecule is O=C(/C=C\Nc1ccc(S(=O)(=O)Nc2ncccn2)cc1)c1ccc2ccccc2c1. The third-order valence-electron chi connectivity index (χ3n) is 4.47. The summed E-state index contributed by atoms with van der Waals surface area (Å²) in [4.78, 5) is 20.2. The van der Waals surface area contributed by atoms with E-state index in [-0.39, 0.29) is 16.6 Å². The molecule has 0 saturated heterocycles. The van der Waals surface area contributed by atoms with E-state index in [9.17, 15) is 13.2 Å². The number of ketones is 1. The van der Waals surface area contributed by atoms with E-state index in [1.807, 2.05) is 36.4 Å². The number of sulfonamides is 1. The molecule has 0 amide bonds. The Morgan fingerprint density at radius 2 is 1.55 bits per heavy atom. The van der Waals surface area contributed by atoms with E-state index in [0.717, 1.165) is 10.8 Å². The van der Waals surface area contributed by atoms with Crippen LogP contribution in [0.5, 0.6) is 0 Å². The predicted octanol–water partition coefficient (Wildman–Crippen LogP) is 4.24. The Bertz CT molecular complexity index is 1350. The largest absolute Gasteiger partial charge is 0.362 e. The lowest BCUT2D eigenvalue weighted by Gasteiger charge is -2.07. The van der Waals surface area contributed by atoms with Crippen LogP contribution in [0, 0.1) is 0 Å². The van der Waals surface area contributed by atoms with Gasteiger partial charge in [-0.3, -0.25) is 4.79 Å². The first-order valence-electron chi connectivity index (χ1n) is 9.37. The number of nitrogens with zero attached hydrogens (tertiary/aromatic N) is 2. The summed E-state index contributed by atoms with van der Waals surface area (Å²) < 4.78 is 27.1. The van der Waals surface area contributed by atoms with Crippen LogP contribution in [-0.2, 0) is 10.0 Å². The molecule has 0 bridgehead atoms. The monoisotopic (exact) mass is 430 g/mol. The van der Waals surface area contributed by atoms with Gasteiger partial charge in [0.2, 0.25) is 5.95 Å². The maximum absolute atomic E-state index is 12.4. The van der Waals surface area contributed by atoms with Crippen molar-refractivity contribution >= 4 is 38.2 Å². The molecule has 0 fully saturated rings. The molecule has 31 heavy (non-hydrogen) atoms. The van der Waals surface area contributed by atoms with Gasteiger partial charge in [0.15, 0.2) is 5.78 Å². The molecule has 0 radical (unpaired) electrons. The molecule has 3 aromatic carbocycles. The van der Waals surface area contributed by atoms with Crippen molar-refractivity contribution in [2.75, 3.05) is 10.0 Å². The minimum atomic E-state index is -3.79. The van der Waals surface area contributed by atoms with Gasteiger partial charge in [-0.05, 0) is 47.2 Å². The number of benzene rings is 3. The predicted molar refractivity (Wildman–Crippen MR) is 120 cm³/mol. The Labute approximate surface area is 179 Å². The standard InChI is InChI=1S/C23H18N4O3S/c28-22(19-7-6-17-4-1-2-5-18(17)16-19)12-15-24-20-8-10-21(11-9-20)31(29,30)27-23-25-13-3-14-26-23/h1-16,24H,(H,25,26,27)/b15-12-. The average molecular weight is 430 g/mol. The van der Waals surface area contributed by atoms with Gasteiger partial charge in [-0.15, -0.1) is 0 Å². The number of anilines is 2. The number of carbonyl (C=O) groups is 1. The van der Waals surface area contributed by atoms with Gasteiger partial charge in [0.1, 0.15) is 0 Å². The van der Waals surface area contributed by atoms with E-state index >= 15 is 0 Å². The van der Waals surface area contributed by atoms with Crippen LogP contribution in [0.15, 0.2) is 102 Å². The second kappa shape index (κ2) is 8.76. The highest BCUT2D eigenvalue weighted by molar-refractivity contribution is 7.92. The van der Waals surface area contributed by atoms with Gasteiger partial charge in [0, 0.05) is 35.9 Å². The number of aromatic nitrogens is 2. The topological polar surface area (TPSA) is 101 Å². The lowest BCUT2D eigenvalue weighted by atomic mass is 10.0. The second-order valence-electron chi connectivity index (χ2n) is 6.61. The molecule has 2 N–H and O–H groups in total. The molecule has 0 aliphatic carbocycles. The molecular weight excluding hydrogens is 412 g/mol. The summed E-state index contributed by atoms with van der Waals surface area (Å²) in [6, 6.07) is 21.1. The van der Waals surface area contributed by atoms with Crippen molar-refractivity contribution in [3.8, 4) is 0 Å². The highest BCUT2D eigenvalue weighted by Gasteiger charge is 2.15. The van der Waals surface area contributed by atoms with Crippen LogP contribution >= 0.6 is 0 Å². The fourth-order valence-corrected chi connectivity index (χ4v) is 3.87. The Morgan fingerprint density at radius 1 is 0.839 bits per heavy atom. The second-order valence-corrected chi connectivity index (χ2v) is 8.29. The number of nitrogens with one attached hydrogen (secondary N) is 2. The van der Waals surface area contributed by atoms with E-state index in [2.05, 4.69) is 20.0 Å². The summed E-state index contributed by atoms with van der Waals surface area (Å²) in [5.74, 6) is -0.135. The zero-order valence-electron chi connectivity index (χ0n) is 16.3. The van der Waals surface area contributed by atoms with E-state index < -0.39 is 10.0 Å². The van der Waals surface area contributed by atoms with Gasteiger partial charge in [-0.25, -0.2) is 23.1 Å². The van der Waals surface area contributed by atoms with Crippen molar-refractivity contribution in [2.45, 2.75) is 4.90 Å². The summed E-state index contributed by atoms with van der Waals surface area (Å²) in [5.41, 5.74) is 1.23. The Morgan fingerprint density at radius 3 is 2.29 bits per heavy atom. The molecule has 1 heterocycles. The first-order valence-corrected chi connectivity index (χ1v) is 10.9. The minimum Gasteiger partial charge on any atom is -0.362 e. The lowest BCUT2D eigenvalue weighted by molar-refractivity contribution is 0.104. The molecule has 7 nitrogen and oxygen atoms in total. The third kappa shape index (κ3) is 4.93. The zero-order chi connectivity index (χ0) is 21.7. The Hall–Kier alpha value is -4.04. The maximum atomic E-state index is 12.4. The number of fused-ring (bicyclic) bond motifs is 1. The number of hydrogen-bond donors (Lipinski definition) is 2. The molecule has 4 aromatic rings. The van der Waals surface area contributed by atoms with Crippen LogP contribution in [0.3, 0.4) is 0 Å².